The molecule has 0 radical (unpaired) electrons. The fourth-order valence-electron chi connectivity index (χ4n) is 4.85. The summed E-state index contributed by atoms with van der Waals surface area (Å²) in [4.78, 5) is 13.8. The first-order valence-corrected chi connectivity index (χ1v) is 13.0. The molecule has 3 N–H and O–H groups in total. The number of benzene rings is 2. The van der Waals surface area contributed by atoms with E-state index in [4.69, 9.17) is 4.98 Å². The van der Waals surface area contributed by atoms with E-state index in [9.17, 15) is 0 Å². The molecule has 1 aliphatic heterocycles. The van der Waals surface area contributed by atoms with Gasteiger partial charge in [0.05, 0.1) is 27.6 Å². The maximum absolute atomic E-state index is 4.70. The van der Waals surface area contributed by atoms with Crippen molar-refractivity contribution in [2.45, 2.75) is 51.7 Å². The standard InChI is InChI=1S/C27H32N6S/c1-4-28-27-22(9-6-12-29-27)20-8-5-7-19(13-20)17(2)31-26-15-24(32-18(3)33-26)21-10-11-23-25(14-21)34-16-30-23/h5,7-8,10-11,13-17,22,27-29H,4,6,9,12H2,1-3H3,(H,31,32,33)/t17-,22?,27?/m0/s1. The van der Waals surface area contributed by atoms with Crippen molar-refractivity contribution in [3.63, 3.8) is 0 Å². The first-order valence-electron chi connectivity index (χ1n) is 12.1. The number of fused-ring (bicyclic) bond motifs is 1. The second-order valence-corrected chi connectivity index (χ2v) is 9.88. The average molecular weight is 473 g/mol. The Balaban J connectivity index is 1.37. The Kier molecular flexibility index (Phi) is 6.85. The number of aryl methyl sites for hydroxylation is 1. The molecule has 0 aliphatic carbocycles. The smallest absolute Gasteiger partial charge is 0.130 e. The van der Waals surface area contributed by atoms with Crippen LogP contribution in [0, 0.1) is 6.92 Å². The van der Waals surface area contributed by atoms with E-state index >= 15 is 0 Å². The minimum absolute atomic E-state index is 0.125. The fraction of sp³-hybridized carbons (Fsp3) is 0.370. The van der Waals surface area contributed by atoms with Gasteiger partial charge in [-0.25, -0.2) is 15.0 Å². The lowest BCUT2D eigenvalue weighted by atomic mass is 9.87. The van der Waals surface area contributed by atoms with Crippen molar-refractivity contribution < 1.29 is 0 Å². The monoisotopic (exact) mass is 472 g/mol. The van der Waals surface area contributed by atoms with E-state index in [1.165, 1.54) is 28.7 Å². The summed E-state index contributed by atoms with van der Waals surface area (Å²) in [5.41, 5.74) is 7.57. The summed E-state index contributed by atoms with van der Waals surface area (Å²) in [5.74, 6) is 2.08. The lowest BCUT2D eigenvalue weighted by Gasteiger charge is -2.34. The molecule has 1 aliphatic rings. The highest BCUT2D eigenvalue weighted by Gasteiger charge is 2.25. The van der Waals surface area contributed by atoms with Crippen LogP contribution in [0.3, 0.4) is 0 Å². The summed E-state index contributed by atoms with van der Waals surface area (Å²) < 4.78 is 1.17. The number of hydrogen-bond donors (Lipinski definition) is 3. The van der Waals surface area contributed by atoms with Crippen LogP contribution in [-0.4, -0.2) is 34.2 Å². The highest BCUT2D eigenvalue weighted by molar-refractivity contribution is 7.16. The molecule has 4 aromatic rings. The van der Waals surface area contributed by atoms with Crippen LogP contribution in [0.1, 0.15) is 55.6 Å². The maximum Gasteiger partial charge on any atom is 0.130 e. The molecule has 0 spiro atoms. The van der Waals surface area contributed by atoms with Gasteiger partial charge in [0.15, 0.2) is 0 Å². The second-order valence-electron chi connectivity index (χ2n) is 8.99. The Hall–Kier alpha value is -2.87. The van der Waals surface area contributed by atoms with Gasteiger partial charge in [0.2, 0.25) is 0 Å². The topological polar surface area (TPSA) is 74.8 Å². The van der Waals surface area contributed by atoms with Crippen LogP contribution in [0.25, 0.3) is 21.5 Å². The molecule has 176 valence electrons. The number of piperidine rings is 1. The van der Waals surface area contributed by atoms with Crippen LogP contribution < -0.4 is 16.0 Å². The first-order chi connectivity index (χ1) is 16.6. The van der Waals surface area contributed by atoms with Crippen LogP contribution in [0.5, 0.6) is 0 Å². The van der Waals surface area contributed by atoms with Crippen LogP contribution in [0.2, 0.25) is 0 Å². The van der Waals surface area contributed by atoms with Gasteiger partial charge in [-0.3, -0.25) is 0 Å². The molecule has 3 heterocycles. The van der Waals surface area contributed by atoms with Gasteiger partial charge in [0, 0.05) is 23.6 Å². The zero-order valence-electron chi connectivity index (χ0n) is 20.0. The molecular weight excluding hydrogens is 440 g/mol. The number of likely N-dealkylation sites (N-methyl/N-ethyl adjacent to an activating group) is 1. The summed E-state index contributed by atoms with van der Waals surface area (Å²) >= 11 is 1.65. The third kappa shape index (κ3) is 4.97. The number of aromatic nitrogens is 3. The second kappa shape index (κ2) is 10.2. The lowest BCUT2D eigenvalue weighted by Crippen LogP contribution is -2.49. The van der Waals surface area contributed by atoms with E-state index in [2.05, 4.69) is 82.2 Å². The van der Waals surface area contributed by atoms with Crippen LogP contribution in [-0.2, 0) is 0 Å². The highest BCUT2D eigenvalue weighted by Crippen LogP contribution is 2.31. The van der Waals surface area contributed by atoms with Gasteiger partial charge < -0.3 is 16.0 Å². The molecular formula is C27H32N6S. The fourth-order valence-corrected chi connectivity index (χ4v) is 5.57. The molecule has 5 rings (SSSR count). The number of thiazole rings is 1. The van der Waals surface area contributed by atoms with Crippen molar-refractivity contribution >= 4 is 27.4 Å². The van der Waals surface area contributed by atoms with Gasteiger partial charge in [0.1, 0.15) is 11.6 Å². The molecule has 0 bridgehead atoms. The Morgan fingerprint density at radius 2 is 2.06 bits per heavy atom. The predicted octanol–water partition coefficient (Wildman–Crippen LogP) is 5.64. The van der Waals surface area contributed by atoms with Gasteiger partial charge in [-0.2, -0.15) is 0 Å². The quantitative estimate of drug-likeness (QED) is 0.323. The van der Waals surface area contributed by atoms with E-state index in [1.54, 1.807) is 11.3 Å². The van der Waals surface area contributed by atoms with Crippen molar-refractivity contribution in [1.29, 1.82) is 0 Å². The third-order valence-corrected chi connectivity index (χ3v) is 7.34. The molecule has 1 saturated heterocycles. The molecule has 2 aromatic carbocycles. The Morgan fingerprint density at radius 3 is 2.94 bits per heavy atom. The van der Waals surface area contributed by atoms with Gasteiger partial charge in [-0.1, -0.05) is 37.3 Å². The summed E-state index contributed by atoms with van der Waals surface area (Å²) in [6.45, 7) is 8.36. The molecule has 7 heteroatoms. The minimum atomic E-state index is 0.125. The normalized spacial score (nSPS) is 19.3. The van der Waals surface area contributed by atoms with Crippen LogP contribution in [0.15, 0.2) is 54.0 Å². The number of hydrogen-bond acceptors (Lipinski definition) is 7. The molecule has 0 saturated carbocycles. The van der Waals surface area contributed by atoms with Gasteiger partial charge >= 0.3 is 0 Å². The van der Waals surface area contributed by atoms with E-state index in [0.717, 1.165) is 41.5 Å². The lowest BCUT2D eigenvalue weighted by molar-refractivity contribution is 0.305. The maximum atomic E-state index is 4.70. The molecule has 3 atom stereocenters. The predicted molar refractivity (Wildman–Crippen MR) is 141 cm³/mol. The number of anilines is 1. The van der Waals surface area contributed by atoms with Crippen LogP contribution in [0.4, 0.5) is 5.82 Å². The molecule has 34 heavy (non-hydrogen) atoms. The zero-order valence-corrected chi connectivity index (χ0v) is 20.8. The average Bonchev–Trinajstić information content (AvgIpc) is 3.32. The highest BCUT2D eigenvalue weighted by atomic mass is 32.1. The van der Waals surface area contributed by atoms with Gasteiger partial charge in [0.25, 0.3) is 0 Å². The summed E-state index contributed by atoms with van der Waals surface area (Å²) in [6, 6.07) is 17.5. The zero-order chi connectivity index (χ0) is 23.5. The van der Waals surface area contributed by atoms with E-state index in [0.29, 0.717) is 12.1 Å². The van der Waals surface area contributed by atoms with E-state index < -0.39 is 0 Å². The molecule has 2 unspecified atom stereocenters. The summed E-state index contributed by atoms with van der Waals surface area (Å²) in [6.07, 6.45) is 2.75. The van der Waals surface area contributed by atoms with Gasteiger partial charge in [-0.15, -0.1) is 11.3 Å². The Bertz CT molecular complexity index is 1270. The van der Waals surface area contributed by atoms with Crippen molar-refractivity contribution in [2.75, 3.05) is 18.4 Å². The number of rotatable bonds is 7. The Morgan fingerprint density at radius 1 is 1.15 bits per heavy atom. The molecule has 6 nitrogen and oxygen atoms in total. The van der Waals surface area contributed by atoms with Gasteiger partial charge in [-0.05, 0) is 63.0 Å². The van der Waals surface area contributed by atoms with E-state index in [-0.39, 0.29) is 6.04 Å². The largest absolute Gasteiger partial charge is 0.363 e. The van der Waals surface area contributed by atoms with E-state index in [1.807, 2.05) is 18.5 Å². The Labute approximate surface area is 205 Å². The SMILES string of the molecule is CCNC1NCCCC1c1cccc([C@H](C)Nc2cc(-c3ccc4ncsc4c3)nc(C)n2)c1. The van der Waals surface area contributed by atoms with Crippen molar-refractivity contribution in [1.82, 2.24) is 25.6 Å². The molecule has 2 aromatic heterocycles. The van der Waals surface area contributed by atoms with Crippen molar-refractivity contribution in [3.05, 3.63) is 71.0 Å². The summed E-state index contributed by atoms with van der Waals surface area (Å²) in [5, 5.41) is 10.9. The summed E-state index contributed by atoms with van der Waals surface area (Å²) in [7, 11) is 0. The third-order valence-electron chi connectivity index (χ3n) is 6.55. The number of nitrogens with zero attached hydrogens (tertiary/aromatic N) is 3. The number of nitrogens with one attached hydrogen (secondary N) is 3. The first kappa shape index (κ1) is 22.9. The van der Waals surface area contributed by atoms with Crippen LogP contribution >= 0.6 is 11.3 Å². The van der Waals surface area contributed by atoms with Crippen molar-refractivity contribution in [3.8, 4) is 11.3 Å². The van der Waals surface area contributed by atoms with Crippen molar-refractivity contribution in [2.24, 2.45) is 0 Å². The molecule has 1 fully saturated rings. The minimum Gasteiger partial charge on any atom is -0.363 e. The molecule has 0 amide bonds.